The Morgan fingerprint density at radius 1 is 0.976 bits per heavy atom. The minimum Gasteiger partial charge on any atom is -0.494 e. The number of fused-ring (bicyclic) bond motifs is 1. The first-order valence-corrected chi connectivity index (χ1v) is 14.9. The van der Waals surface area contributed by atoms with Gasteiger partial charge >= 0.3 is 0 Å². The fourth-order valence-corrected chi connectivity index (χ4v) is 4.93. The molecule has 1 atom stereocenters. The van der Waals surface area contributed by atoms with Crippen molar-refractivity contribution in [2.75, 3.05) is 13.2 Å². The summed E-state index contributed by atoms with van der Waals surface area (Å²) in [4.78, 5) is 18.8. The monoisotopic (exact) mass is 619 g/mol. The van der Waals surface area contributed by atoms with E-state index in [9.17, 15) is 4.79 Å². The molecule has 0 radical (unpaired) electrons. The van der Waals surface area contributed by atoms with E-state index in [4.69, 9.17) is 24.3 Å². The van der Waals surface area contributed by atoms with E-state index in [0.717, 1.165) is 38.9 Å². The van der Waals surface area contributed by atoms with Gasteiger partial charge < -0.3 is 14.2 Å². The third-order valence-corrected chi connectivity index (χ3v) is 7.54. The zero-order valence-corrected chi connectivity index (χ0v) is 26.4. The smallest absolute Gasteiger partial charge is 0.282 e. The third kappa shape index (κ3) is 6.64. The molecule has 7 nitrogen and oxygen atoms in total. The summed E-state index contributed by atoms with van der Waals surface area (Å²) >= 11 is 3.66. The number of nitrogens with zero attached hydrogens (tertiary/aromatic N) is 3. The van der Waals surface area contributed by atoms with Crippen molar-refractivity contribution >= 4 is 33.0 Å². The molecule has 3 aromatic carbocycles. The Morgan fingerprint density at radius 2 is 1.68 bits per heavy atom. The molecule has 4 rings (SSSR count). The van der Waals surface area contributed by atoms with Crippen LogP contribution >= 0.6 is 15.9 Å². The van der Waals surface area contributed by atoms with Gasteiger partial charge in [0.25, 0.3) is 5.56 Å². The van der Waals surface area contributed by atoms with Gasteiger partial charge in [0, 0.05) is 15.6 Å². The molecule has 0 unspecified atom stereocenters. The molecule has 0 saturated carbocycles. The first-order chi connectivity index (χ1) is 19.7. The molecule has 0 amide bonds. The Kier molecular flexibility index (Phi) is 9.86. The van der Waals surface area contributed by atoms with Crippen LogP contribution in [-0.2, 0) is 0 Å². The number of ether oxygens (including phenoxy) is 3. The summed E-state index contributed by atoms with van der Waals surface area (Å²) < 4.78 is 20.1. The van der Waals surface area contributed by atoms with Gasteiger partial charge in [0.1, 0.15) is 5.75 Å². The quantitative estimate of drug-likeness (QED) is 0.158. The van der Waals surface area contributed by atoms with Crippen molar-refractivity contribution in [1.82, 2.24) is 9.66 Å². The maximum Gasteiger partial charge on any atom is 0.282 e. The van der Waals surface area contributed by atoms with E-state index in [1.807, 2.05) is 64.1 Å². The highest BCUT2D eigenvalue weighted by atomic mass is 79.9. The molecule has 0 spiro atoms. The number of rotatable bonds is 11. The van der Waals surface area contributed by atoms with Crippen LogP contribution in [0, 0.1) is 6.92 Å². The van der Waals surface area contributed by atoms with Gasteiger partial charge in [-0.1, -0.05) is 32.9 Å². The highest BCUT2D eigenvalue weighted by Gasteiger charge is 2.19. The minimum atomic E-state index is -0.251. The van der Waals surface area contributed by atoms with E-state index in [1.165, 1.54) is 4.68 Å². The summed E-state index contributed by atoms with van der Waals surface area (Å²) in [5.41, 5.74) is 3.91. The van der Waals surface area contributed by atoms with Crippen molar-refractivity contribution < 1.29 is 14.2 Å². The van der Waals surface area contributed by atoms with E-state index in [0.29, 0.717) is 41.4 Å². The number of halogens is 1. The lowest BCUT2D eigenvalue weighted by molar-refractivity contribution is 0.203. The second-order valence-electron chi connectivity index (χ2n) is 10.2. The topological polar surface area (TPSA) is 74.9 Å². The molecule has 0 aliphatic carbocycles. The molecule has 0 bridgehead atoms. The van der Waals surface area contributed by atoms with Crippen molar-refractivity contribution in [3.05, 3.63) is 80.0 Å². The van der Waals surface area contributed by atoms with Crippen LogP contribution in [0.5, 0.6) is 17.2 Å². The minimum absolute atomic E-state index is 0.0403. The normalized spacial score (nSPS) is 12.3. The predicted molar refractivity (Wildman–Crippen MR) is 170 cm³/mol. The average Bonchev–Trinajstić information content (AvgIpc) is 2.94. The van der Waals surface area contributed by atoms with Crippen molar-refractivity contribution in [3.63, 3.8) is 0 Å². The number of hydrogen-bond donors (Lipinski definition) is 0. The molecule has 41 heavy (non-hydrogen) atoms. The lowest BCUT2D eigenvalue weighted by Gasteiger charge is -2.18. The largest absolute Gasteiger partial charge is 0.494 e. The van der Waals surface area contributed by atoms with Crippen molar-refractivity contribution in [2.24, 2.45) is 5.10 Å². The Balaban J connectivity index is 1.91. The molecule has 0 fully saturated rings. The molecule has 0 saturated heterocycles. The first-order valence-electron chi connectivity index (χ1n) is 14.1. The second kappa shape index (κ2) is 13.3. The van der Waals surface area contributed by atoms with Gasteiger partial charge in [0.2, 0.25) is 0 Å². The van der Waals surface area contributed by atoms with E-state index < -0.39 is 0 Å². The lowest BCUT2D eigenvalue weighted by Crippen LogP contribution is -2.21. The van der Waals surface area contributed by atoms with E-state index in [1.54, 1.807) is 12.3 Å². The number of aromatic nitrogens is 2. The van der Waals surface area contributed by atoms with Crippen molar-refractivity contribution in [1.29, 1.82) is 0 Å². The molecule has 0 aliphatic heterocycles. The maximum absolute atomic E-state index is 13.8. The first kappa shape index (κ1) is 30.3. The maximum atomic E-state index is 13.8. The number of benzene rings is 3. The van der Waals surface area contributed by atoms with Gasteiger partial charge in [-0.2, -0.15) is 9.78 Å². The van der Waals surface area contributed by atoms with Crippen molar-refractivity contribution in [3.8, 4) is 28.6 Å². The van der Waals surface area contributed by atoms with Crippen LogP contribution in [0.15, 0.2) is 62.9 Å². The van der Waals surface area contributed by atoms with Crippen LogP contribution in [0.3, 0.4) is 0 Å². The van der Waals surface area contributed by atoms with Crippen LogP contribution in [0.25, 0.3) is 22.3 Å². The highest BCUT2D eigenvalue weighted by Crippen LogP contribution is 2.36. The molecule has 0 aliphatic rings. The molecular formula is C33H38BrN3O4. The Bertz CT molecular complexity index is 1630. The predicted octanol–water partition coefficient (Wildman–Crippen LogP) is 8.11. The van der Waals surface area contributed by atoms with Gasteiger partial charge in [-0.05, 0) is 103 Å². The van der Waals surface area contributed by atoms with Gasteiger partial charge in [0.15, 0.2) is 17.3 Å². The van der Waals surface area contributed by atoms with Crippen molar-refractivity contribution in [2.45, 2.75) is 66.9 Å². The van der Waals surface area contributed by atoms with E-state index in [2.05, 4.69) is 42.8 Å². The number of aryl methyl sites for hydroxylation is 1. The van der Waals surface area contributed by atoms with Crippen LogP contribution in [-0.4, -0.2) is 35.2 Å². The van der Waals surface area contributed by atoms with Crippen LogP contribution < -0.4 is 19.8 Å². The average molecular weight is 621 g/mol. The van der Waals surface area contributed by atoms with Gasteiger partial charge in [0.05, 0.1) is 36.4 Å². The summed E-state index contributed by atoms with van der Waals surface area (Å²) in [6, 6.07) is 15.2. The third-order valence-electron chi connectivity index (χ3n) is 6.85. The molecule has 0 N–H and O–H groups in total. The molecule has 1 heterocycles. The van der Waals surface area contributed by atoms with Crippen LogP contribution in [0.2, 0.25) is 0 Å². The molecule has 1 aromatic heterocycles. The molecular weight excluding hydrogens is 582 g/mol. The number of hydrogen-bond acceptors (Lipinski definition) is 6. The van der Waals surface area contributed by atoms with Gasteiger partial charge in [-0.15, -0.1) is 0 Å². The number of para-hydroxylation sites is 1. The van der Waals surface area contributed by atoms with Crippen LogP contribution in [0.1, 0.15) is 70.6 Å². The Hall–Kier alpha value is -3.65. The zero-order chi connectivity index (χ0) is 29.7. The standard InChI is InChI=1S/C33H38BrN3O4/c1-8-22(7)41-31-18-27(34)23(16-30(31)40-10-3)19-35-37-32(36-28-14-12-11-13-24(28)33(37)38)26-17-25(20(4)5)29(39-9-2)15-21(26)6/h11-20,22H,8-10H2,1-7H3/t22-/m1/s1. The van der Waals surface area contributed by atoms with E-state index in [-0.39, 0.29) is 17.6 Å². The zero-order valence-electron chi connectivity index (χ0n) is 24.8. The summed E-state index contributed by atoms with van der Waals surface area (Å²) in [7, 11) is 0. The van der Waals surface area contributed by atoms with E-state index >= 15 is 0 Å². The van der Waals surface area contributed by atoms with Gasteiger partial charge in [-0.3, -0.25) is 4.79 Å². The summed E-state index contributed by atoms with van der Waals surface area (Å²) in [5, 5.41) is 5.20. The summed E-state index contributed by atoms with van der Waals surface area (Å²) in [6.07, 6.45) is 2.56. The fourth-order valence-electron chi connectivity index (χ4n) is 4.51. The summed E-state index contributed by atoms with van der Waals surface area (Å²) in [6.45, 7) is 15.3. The second-order valence-corrected chi connectivity index (χ2v) is 11.1. The van der Waals surface area contributed by atoms with Crippen LogP contribution in [0.4, 0.5) is 0 Å². The Morgan fingerprint density at radius 3 is 2.37 bits per heavy atom. The summed E-state index contributed by atoms with van der Waals surface area (Å²) in [5.74, 6) is 2.79. The lowest BCUT2D eigenvalue weighted by atomic mass is 9.96. The molecule has 4 aromatic rings. The Labute approximate surface area is 250 Å². The molecule has 8 heteroatoms. The SMILES string of the molecule is CCOc1cc(C=Nn2c(-c3cc(C(C)C)c(OCC)cc3C)nc3ccccc3c2=O)c(Br)cc1O[C@H](C)CC. The highest BCUT2D eigenvalue weighted by molar-refractivity contribution is 9.10. The van der Waals surface area contributed by atoms with Gasteiger partial charge in [-0.25, -0.2) is 4.98 Å². The molecule has 216 valence electrons. The fraction of sp³-hybridized carbons (Fsp3) is 0.364.